The molecule has 172 valence electrons. The Labute approximate surface area is 191 Å². The average molecular weight is 452 g/mol. The van der Waals surface area contributed by atoms with Crippen LogP contribution in [0.3, 0.4) is 0 Å². The van der Waals surface area contributed by atoms with Crippen LogP contribution >= 0.6 is 0 Å². The van der Waals surface area contributed by atoms with E-state index in [1.807, 2.05) is 0 Å². The second kappa shape index (κ2) is 8.03. The van der Waals surface area contributed by atoms with Crippen molar-refractivity contribution < 1.29 is 38.0 Å². The van der Waals surface area contributed by atoms with Gasteiger partial charge in [-0.25, -0.2) is 0 Å². The number of hydrogen-bond acceptors (Lipinski definition) is 8. The first-order valence-corrected chi connectivity index (χ1v) is 10.6. The zero-order chi connectivity index (χ0) is 23.3. The third kappa shape index (κ3) is 3.46. The molecule has 3 aliphatic rings. The van der Waals surface area contributed by atoms with E-state index in [0.717, 1.165) is 5.56 Å². The minimum Gasteiger partial charge on any atom is -0.493 e. The monoisotopic (exact) mass is 452 g/mol. The van der Waals surface area contributed by atoms with Crippen molar-refractivity contribution in [2.45, 2.75) is 31.5 Å². The molecule has 0 amide bonds. The third-order valence-corrected chi connectivity index (χ3v) is 6.24. The Morgan fingerprint density at radius 3 is 2.61 bits per heavy atom. The van der Waals surface area contributed by atoms with E-state index in [2.05, 4.69) is 6.58 Å². The van der Waals surface area contributed by atoms with E-state index in [1.165, 1.54) is 6.92 Å². The zero-order valence-corrected chi connectivity index (χ0v) is 18.6. The Balaban J connectivity index is 1.46. The van der Waals surface area contributed by atoms with Gasteiger partial charge in [-0.3, -0.25) is 9.59 Å². The number of ketones is 1. The molecule has 3 heterocycles. The summed E-state index contributed by atoms with van der Waals surface area (Å²) in [7, 11) is 3.10. The molecule has 0 saturated carbocycles. The quantitative estimate of drug-likeness (QED) is 0.505. The first-order valence-electron chi connectivity index (χ1n) is 10.6. The van der Waals surface area contributed by atoms with E-state index in [-0.39, 0.29) is 31.1 Å². The number of carbonyl (C=O) groups excluding carboxylic acids is 2. The molecular weight excluding hydrogens is 428 g/mol. The number of hydrogen-bond donors (Lipinski definition) is 0. The molecule has 5 rings (SSSR count). The predicted octanol–water partition coefficient (Wildman–Crippen LogP) is 3.25. The van der Waals surface area contributed by atoms with Gasteiger partial charge in [0, 0.05) is 36.1 Å². The van der Waals surface area contributed by atoms with E-state index in [4.69, 9.17) is 28.4 Å². The Hall–Kier alpha value is -3.68. The van der Waals surface area contributed by atoms with Crippen molar-refractivity contribution in [3.05, 3.63) is 53.1 Å². The molecule has 0 bridgehead atoms. The van der Waals surface area contributed by atoms with Crippen LogP contribution in [-0.4, -0.2) is 51.4 Å². The minimum atomic E-state index is -0.517. The van der Waals surface area contributed by atoms with Crippen LogP contribution in [0, 0.1) is 0 Å². The molecule has 33 heavy (non-hydrogen) atoms. The maximum atomic E-state index is 13.6. The number of carbonyl (C=O) groups is 2. The standard InChI is InChI=1S/C25H24O8/c1-12(10-30-13(2)26)18-8-16-17(32-18)6-5-14-24(27)23-15-7-20(28-3)21(29-4)9-19(15)31-11-22(23)33-25(14)16/h5-7,9,18,22-23H,1,8,10-11H2,2-4H3/t18-,22+,23-/m0/s1. The van der Waals surface area contributed by atoms with Crippen LogP contribution in [0.25, 0.3) is 0 Å². The van der Waals surface area contributed by atoms with Crippen molar-refractivity contribution in [3.63, 3.8) is 0 Å². The second-order valence-corrected chi connectivity index (χ2v) is 8.22. The summed E-state index contributed by atoms with van der Waals surface area (Å²) in [6, 6.07) is 7.04. The van der Waals surface area contributed by atoms with Gasteiger partial charge >= 0.3 is 5.97 Å². The summed E-state index contributed by atoms with van der Waals surface area (Å²) in [5.74, 6) is 1.87. The normalized spacial score (nSPS) is 21.8. The van der Waals surface area contributed by atoms with Crippen molar-refractivity contribution in [1.29, 1.82) is 0 Å². The van der Waals surface area contributed by atoms with Gasteiger partial charge in [-0.1, -0.05) is 6.58 Å². The number of Topliss-reactive ketones (excluding diaryl/α,β-unsaturated/α-hetero) is 1. The molecule has 0 unspecified atom stereocenters. The number of ether oxygens (including phenoxy) is 6. The molecule has 0 fully saturated rings. The van der Waals surface area contributed by atoms with Crippen molar-refractivity contribution in [2.75, 3.05) is 27.4 Å². The van der Waals surface area contributed by atoms with Gasteiger partial charge in [0.05, 0.1) is 25.7 Å². The summed E-state index contributed by atoms with van der Waals surface area (Å²) >= 11 is 0. The Morgan fingerprint density at radius 1 is 1.12 bits per heavy atom. The predicted molar refractivity (Wildman–Crippen MR) is 117 cm³/mol. The van der Waals surface area contributed by atoms with Gasteiger partial charge in [-0.05, 0) is 18.2 Å². The van der Waals surface area contributed by atoms with Crippen molar-refractivity contribution in [3.8, 4) is 28.7 Å². The van der Waals surface area contributed by atoms with E-state index in [1.54, 1.807) is 38.5 Å². The molecule has 0 aliphatic carbocycles. The lowest BCUT2D eigenvalue weighted by atomic mass is 9.81. The number of fused-ring (bicyclic) bond motifs is 6. The largest absolute Gasteiger partial charge is 0.493 e. The van der Waals surface area contributed by atoms with Crippen LogP contribution in [0.1, 0.15) is 34.3 Å². The molecule has 0 N–H and O–H groups in total. The van der Waals surface area contributed by atoms with Gasteiger partial charge in [0.2, 0.25) is 0 Å². The van der Waals surface area contributed by atoms with Crippen LogP contribution < -0.4 is 23.7 Å². The summed E-state index contributed by atoms with van der Waals surface area (Å²) in [6.45, 7) is 5.64. The molecule has 0 spiro atoms. The van der Waals surface area contributed by atoms with Crippen LogP contribution in [0.5, 0.6) is 28.7 Å². The Morgan fingerprint density at radius 2 is 1.88 bits per heavy atom. The first kappa shape index (κ1) is 21.2. The average Bonchev–Trinajstić information content (AvgIpc) is 3.26. The fourth-order valence-electron chi connectivity index (χ4n) is 4.58. The van der Waals surface area contributed by atoms with Gasteiger partial charge < -0.3 is 28.4 Å². The molecule has 0 aromatic heterocycles. The minimum absolute atomic E-state index is 0.0389. The summed E-state index contributed by atoms with van der Waals surface area (Å²) < 4.78 is 34.1. The van der Waals surface area contributed by atoms with E-state index in [0.29, 0.717) is 51.9 Å². The number of benzene rings is 2. The summed E-state index contributed by atoms with van der Waals surface area (Å²) in [6.07, 6.45) is -0.362. The van der Waals surface area contributed by atoms with Crippen LogP contribution in [0.2, 0.25) is 0 Å². The van der Waals surface area contributed by atoms with Crippen molar-refractivity contribution in [1.82, 2.24) is 0 Å². The van der Waals surface area contributed by atoms with Gasteiger partial charge in [0.15, 0.2) is 17.3 Å². The Bertz CT molecular complexity index is 1170. The van der Waals surface area contributed by atoms with Gasteiger partial charge in [-0.2, -0.15) is 0 Å². The third-order valence-electron chi connectivity index (χ3n) is 6.24. The van der Waals surface area contributed by atoms with Crippen molar-refractivity contribution >= 4 is 11.8 Å². The zero-order valence-electron chi connectivity index (χ0n) is 18.6. The maximum Gasteiger partial charge on any atom is 0.302 e. The summed E-state index contributed by atoms with van der Waals surface area (Å²) in [5.41, 5.74) is 2.67. The fraction of sp³-hybridized carbons (Fsp3) is 0.360. The SMILES string of the molecule is C=C(COC(C)=O)[C@@H]1Cc2c(ccc3c2O[C@@H]2COc4cc(OC)c(OC)cc4[C@@H]2C3=O)O1. The lowest BCUT2D eigenvalue weighted by molar-refractivity contribution is -0.140. The van der Waals surface area contributed by atoms with Gasteiger partial charge in [-0.15, -0.1) is 0 Å². The van der Waals surface area contributed by atoms with Crippen LogP contribution in [0.15, 0.2) is 36.4 Å². The molecule has 8 nitrogen and oxygen atoms in total. The molecule has 8 heteroatoms. The van der Waals surface area contributed by atoms with E-state index in [9.17, 15) is 9.59 Å². The highest BCUT2D eigenvalue weighted by Crippen LogP contribution is 2.49. The van der Waals surface area contributed by atoms with E-state index < -0.39 is 12.0 Å². The van der Waals surface area contributed by atoms with E-state index >= 15 is 0 Å². The number of esters is 1. The highest BCUT2D eigenvalue weighted by Gasteiger charge is 2.45. The van der Waals surface area contributed by atoms with Crippen LogP contribution in [0.4, 0.5) is 0 Å². The van der Waals surface area contributed by atoms with Gasteiger partial charge in [0.1, 0.15) is 42.7 Å². The summed E-state index contributed by atoms with van der Waals surface area (Å²) in [4.78, 5) is 24.8. The highest BCUT2D eigenvalue weighted by molar-refractivity contribution is 6.06. The highest BCUT2D eigenvalue weighted by atomic mass is 16.5. The second-order valence-electron chi connectivity index (χ2n) is 8.22. The topological polar surface area (TPSA) is 89.5 Å². The molecule has 3 atom stereocenters. The molecular formula is C25H24O8. The lowest BCUT2D eigenvalue weighted by Gasteiger charge is -2.37. The Kier molecular flexibility index (Phi) is 5.15. The molecule has 0 radical (unpaired) electrons. The molecule has 0 saturated heterocycles. The van der Waals surface area contributed by atoms with Gasteiger partial charge in [0.25, 0.3) is 0 Å². The van der Waals surface area contributed by atoms with Crippen LogP contribution in [-0.2, 0) is 16.0 Å². The smallest absolute Gasteiger partial charge is 0.302 e. The summed E-state index contributed by atoms with van der Waals surface area (Å²) in [5, 5.41) is 0. The maximum absolute atomic E-state index is 13.6. The molecule has 3 aliphatic heterocycles. The molecule has 2 aromatic rings. The fourth-order valence-corrected chi connectivity index (χ4v) is 4.58. The first-order chi connectivity index (χ1) is 15.9. The lowest BCUT2D eigenvalue weighted by Crippen LogP contribution is -2.43. The number of methoxy groups -OCH3 is 2. The molecule has 2 aromatic carbocycles. The van der Waals surface area contributed by atoms with Crippen molar-refractivity contribution in [2.24, 2.45) is 0 Å². The number of rotatable bonds is 5.